The molecule has 2 amide bonds. The van der Waals surface area contributed by atoms with Gasteiger partial charge in [-0.2, -0.15) is 0 Å². The van der Waals surface area contributed by atoms with Crippen LogP contribution in [0.5, 0.6) is 5.75 Å². The van der Waals surface area contributed by atoms with Crippen LogP contribution in [0.1, 0.15) is 67.7 Å². The molecule has 2 aromatic carbocycles. The van der Waals surface area contributed by atoms with Gasteiger partial charge in [0.1, 0.15) is 5.75 Å². The van der Waals surface area contributed by atoms with E-state index in [-0.39, 0.29) is 17.4 Å². The van der Waals surface area contributed by atoms with Crippen molar-refractivity contribution in [2.45, 2.75) is 52.5 Å². The summed E-state index contributed by atoms with van der Waals surface area (Å²) in [5.74, 6) is 0.354. The minimum absolute atomic E-state index is 0.173. The van der Waals surface area contributed by atoms with Crippen molar-refractivity contribution in [3.63, 3.8) is 0 Å². The van der Waals surface area contributed by atoms with Crippen LogP contribution in [0.2, 0.25) is 0 Å². The van der Waals surface area contributed by atoms with Crippen LogP contribution in [0.15, 0.2) is 48.5 Å². The van der Waals surface area contributed by atoms with Gasteiger partial charge in [-0.3, -0.25) is 9.59 Å². The molecule has 0 bridgehead atoms. The average Bonchev–Trinajstić information content (AvgIpc) is 2.64. The first-order valence-electron chi connectivity index (χ1n) is 9.75. The summed E-state index contributed by atoms with van der Waals surface area (Å²) in [7, 11) is 0. The van der Waals surface area contributed by atoms with E-state index in [1.54, 1.807) is 48.5 Å². The van der Waals surface area contributed by atoms with Gasteiger partial charge in [-0.05, 0) is 69.7 Å². The zero-order valence-corrected chi connectivity index (χ0v) is 17.2. The summed E-state index contributed by atoms with van der Waals surface area (Å²) in [6, 6.07) is 14.0. The predicted molar refractivity (Wildman–Crippen MR) is 113 cm³/mol. The molecule has 5 heteroatoms. The van der Waals surface area contributed by atoms with E-state index in [1.807, 2.05) is 20.8 Å². The number of nitrogens with one attached hydrogen (secondary N) is 2. The Bertz CT molecular complexity index is 792. The Morgan fingerprint density at radius 2 is 1.64 bits per heavy atom. The van der Waals surface area contributed by atoms with Crippen LogP contribution in [-0.4, -0.2) is 24.0 Å². The molecule has 0 saturated heterocycles. The van der Waals surface area contributed by atoms with Gasteiger partial charge >= 0.3 is 0 Å². The van der Waals surface area contributed by atoms with E-state index in [9.17, 15) is 9.59 Å². The fraction of sp³-hybridized carbons (Fsp3) is 0.391. The number of hydrogen-bond acceptors (Lipinski definition) is 3. The average molecular weight is 383 g/mol. The summed E-state index contributed by atoms with van der Waals surface area (Å²) >= 11 is 0. The van der Waals surface area contributed by atoms with E-state index in [0.717, 1.165) is 25.0 Å². The molecule has 0 aromatic heterocycles. The number of carbonyl (C=O) groups excluding carboxylic acids is 2. The van der Waals surface area contributed by atoms with Crippen LogP contribution in [0.3, 0.4) is 0 Å². The van der Waals surface area contributed by atoms with Crippen molar-refractivity contribution in [1.29, 1.82) is 0 Å². The second-order valence-corrected chi connectivity index (χ2v) is 7.82. The van der Waals surface area contributed by atoms with E-state index >= 15 is 0 Å². The smallest absolute Gasteiger partial charge is 0.255 e. The van der Waals surface area contributed by atoms with Gasteiger partial charge < -0.3 is 15.4 Å². The molecule has 5 nitrogen and oxygen atoms in total. The molecule has 0 aliphatic carbocycles. The van der Waals surface area contributed by atoms with E-state index in [2.05, 4.69) is 17.6 Å². The molecule has 28 heavy (non-hydrogen) atoms. The number of unbranched alkanes of at least 4 members (excludes halogenated alkanes) is 2. The minimum Gasteiger partial charge on any atom is -0.494 e. The van der Waals surface area contributed by atoms with Gasteiger partial charge in [0.05, 0.1) is 6.61 Å². The molecule has 0 fully saturated rings. The molecule has 2 aromatic rings. The maximum Gasteiger partial charge on any atom is 0.255 e. The lowest BCUT2D eigenvalue weighted by Crippen LogP contribution is -2.40. The number of hydrogen-bond donors (Lipinski definition) is 2. The number of carbonyl (C=O) groups is 2. The molecular formula is C23H30N2O3. The van der Waals surface area contributed by atoms with E-state index in [4.69, 9.17) is 4.74 Å². The lowest BCUT2D eigenvalue weighted by molar-refractivity contribution is 0.0918. The summed E-state index contributed by atoms with van der Waals surface area (Å²) < 4.78 is 5.67. The summed E-state index contributed by atoms with van der Waals surface area (Å²) in [5, 5.41) is 5.75. The predicted octanol–water partition coefficient (Wildman–Crippen LogP) is 5.04. The Hall–Kier alpha value is -2.82. The highest BCUT2D eigenvalue weighted by molar-refractivity contribution is 6.05. The van der Waals surface area contributed by atoms with Crippen LogP contribution < -0.4 is 15.4 Å². The minimum atomic E-state index is -0.323. The summed E-state index contributed by atoms with van der Waals surface area (Å²) in [6.45, 7) is 8.61. The third-order valence-electron chi connectivity index (χ3n) is 4.00. The second-order valence-electron chi connectivity index (χ2n) is 7.82. The molecule has 0 atom stereocenters. The van der Waals surface area contributed by atoms with Gasteiger partial charge in [-0.25, -0.2) is 0 Å². The molecular weight excluding hydrogens is 352 g/mol. The summed E-state index contributed by atoms with van der Waals surface area (Å²) in [6.07, 6.45) is 3.33. The second kappa shape index (κ2) is 9.93. The van der Waals surface area contributed by atoms with Gasteiger partial charge in [0.2, 0.25) is 0 Å². The third-order valence-corrected chi connectivity index (χ3v) is 4.00. The van der Waals surface area contributed by atoms with E-state index < -0.39 is 0 Å². The Morgan fingerprint density at radius 1 is 0.929 bits per heavy atom. The van der Waals surface area contributed by atoms with Gasteiger partial charge in [-0.15, -0.1) is 0 Å². The van der Waals surface area contributed by atoms with Crippen molar-refractivity contribution in [1.82, 2.24) is 5.32 Å². The van der Waals surface area contributed by atoms with Crippen LogP contribution in [0.25, 0.3) is 0 Å². The monoisotopic (exact) mass is 382 g/mol. The normalized spacial score (nSPS) is 11.0. The van der Waals surface area contributed by atoms with E-state index in [1.165, 1.54) is 0 Å². The highest BCUT2D eigenvalue weighted by Gasteiger charge is 2.16. The zero-order chi connectivity index (χ0) is 20.6. The molecule has 2 N–H and O–H groups in total. The molecule has 0 aliphatic heterocycles. The Kier molecular flexibility index (Phi) is 7.61. The number of ether oxygens (including phenoxy) is 1. The summed E-state index contributed by atoms with van der Waals surface area (Å²) in [4.78, 5) is 24.8. The van der Waals surface area contributed by atoms with Gasteiger partial charge in [0, 0.05) is 22.4 Å². The fourth-order valence-corrected chi connectivity index (χ4v) is 2.60. The molecule has 2 rings (SSSR count). The topological polar surface area (TPSA) is 67.4 Å². The van der Waals surface area contributed by atoms with Crippen molar-refractivity contribution in [2.75, 3.05) is 11.9 Å². The maximum absolute atomic E-state index is 12.5. The SMILES string of the molecule is CCCCCOc1ccc(C(=O)Nc2cccc(C(=O)NC(C)(C)C)c2)cc1. The van der Waals surface area contributed by atoms with Crippen molar-refractivity contribution in [3.05, 3.63) is 59.7 Å². The molecule has 0 aliphatic rings. The van der Waals surface area contributed by atoms with Crippen LogP contribution in [0, 0.1) is 0 Å². The molecule has 0 radical (unpaired) electrons. The lowest BCUT2D eigenvalue weighted by atomic mass is 10.1. The summed E-state index contributed by atoms with van der Waals surface area (Å²) in [5.41, 5.74) is 1.29. The van der Waals surface area contributed by atoms with Gasteiger partial charge in [0.15, 0.2) is 0 Å². The zero-order valence-electron chi connectivity index (χ0n) is 17.2. The van der Waals surface area contributed by atoms with Crippen molar-refractivity contribution >= 4 is 17.5 Å². The number of rotatable bonds is 8. The fourth-order valence-electron chi connectivity index (χ4n) is 2.60. The first kappa shape index (κ1) is 21.5. The number of benzene rings is 2. The first-order valence-corrected chi connectivity index (χ1v) is 9.75. The van der Waals surface area contributed by atoms with Crippen LogP contribution in [0.4, 0.5) is 5.69 Å². The Labute approximate surface area is 167 Å². The standard InChI is InChI=1S/C23H30N2O3/c1-5-6-7-15-28-20-13-11-17(12-14-20)21(26)24-19-10-8-9-18(16-19)22(27)25-23(2,3)4/h8-14,16H,5-7,15H2,1-4H3,(H,24,26)(H,25,27). The van der Waals surface area contributed by atoms with Crippen LogP contribution >= 0.6 is 0 Å². The number of anilines is 1. The van der Waals surface area contributed by atoms with Crippen molar-refractivity contribution in [2.24, 2.45) is 0 Å². The first-order chi connectivity index (χ1) is 13.3. The van der Waals surface area contributed by atoms with Gasteiger partial charge in [0.25, 0.3) is 11.8 Å². The van der Waals surface area contributed by atoms with Crippen molar-refractivity contribution in [3.8, 4) is 5.75 Å². The Balaban J connectivity index is 1.97. The van der Waals surface area contributed by atoms with Gasteiger partial charge in [-0.1, -0.05) is 25.8 Å². The number of amides is 2. The third kappa shape index (κ3) is 7.06. The van der Waals surface area contributed by atoms with E-state index in [0.29, 0.717) is 23.4 Å². The lowest BCUT2D eigenvalue weighted by Gasteiger charge is -2.20. The molecule has 150 valence electrons. The van der Waals surface area contributed by atoms with Crippen LogP contribution in [-0.2, 0) is 0 Å². The largest absolute Gasteiger partial charge is 0.494 e. The highest BCUT2D eigenvalue weighted by atomic mass is 16.5. The Morgan fingerprint density at radius 3 is 2.29 bits per heavy atom. The molecule has 0 heterocycles. The van der Waals surface area contributed by atoms with Crippen molar-refractivity contribution < 1.29 is 14.3 Å². The molecule has 0 spiro atoms. The highest BCUT2D eigenvalue weighted by Crippen LogP contribution is 2.16. The molecule has 0 unspecified atom stereocenters. The maximum atomic E-state index is 12.5. The molecule has 0 saturated carbocycles. The quantitative estimate of drug-likeness (QED) is 0.629.